The van der Waals surface area contributed by atoms with Crippen LogP contribution in [0, 0.1) is 0 Å². The van der Waals surface area contributed by atoms with Gasteiger partial charge < -0.3 is 34.2 Å². The number of phosphoric ester groups is 2. The van der Waals surface area contributed by atoms with Crippen molar-refractivity contribution in [3.63, 3.8) is 0 Å². The molecule has 4 N–H and O–H groups in total. The lowest BCUT2D eigenvalue weighted by atomic mass is 10.1. The first-order valence-electron chi connectivity index (χ1n) is 40.4. The van der Waals surface area contributed by atoms with Crippen molar-refractivity contribution in [3.8, 4) is 0 Å². The number of aliphatic hydroxyl groups excluding tert-OH is 2. The minimum absolute atomic E-state index is 0.0831. The average Bonchev–Trinajstić information content (AvgIpc) is 0.962. The van der Waals surface area contributed by atoms with Gasteiger partial charge in [-0.1, -0.05) is 300 Å². The maximum absolute atomic E-state index is 13.0. The second kappa shape index (κ2) is 78.5. The van der Waals surface area contributed by atoms with Crippen LogP contribution in [-0.4, -0.2) is 95.9 Å². The molecule has 0 bridgehead atoms. The van der Waals surface area contributed by atoms with Crippen LogP contribution >= 0.6 is 15.6 Å². The second-order valence-electron chi connectivity index (χ2n) is 26.5. The minimum atomic E-state index is -4.95. The highest BCUT2D eigenvalue weighted by Crippen LogP contribution is 2.45. The lowest BCUT2D eigenvalue weighted by Gasteiger charge is -2.21. The molecular formula is C87H144O16P2. The molecule has 0 heterocycles. The first kappa shape index (κ1) is 99.9. The van der Waals surface area contributed by atoms with Crippen LogP contribution in [0.3, 0.4) is 0 Å². The fourth-order valence-electron chi connectivity index (χ4n) is 10.3. The molecule has 0 spiro atoms. The molecule has 18 heteroatoms. The Hall–Kier alpha value is -5.09. The Kier molecular flexibility index (Phi) is 74.7. The van der Waals surface area contributed by atoms with Gasteiger partial charge >= 0.3 is 33.6 Å². The van der Waals surface area contributed by atoms with Gasteiger partial charge in [-0.15, -0.1) is 0 Å². The molecule has 0 saturated carbocycles. The fourth-order valence-corrected chi connectivity index (χ4v) is 11.9. The molecule has 0 aromatic rings. The monoisotopic (exact) mass is 1510 g/mol. The van der Waals surface area contributed by atoms with Gasteiger partial charge in [-0.3, -0.25) is 32.5 Å². The van der Waals surface area contributed by atoms with Gasteiger partial charge in [0, 0.05) is 19.3 Å². The number of hydrogen-bond donors (Lipinski definition) is 4. The maximum atomic E-state index is 13.0. The molecule has 0 aromatic heterocycles. The number of aliphatic hydroxyl groups is 2. The van der Waals surface area contributed by atoms with Crippen molar-refractivity contribution in [1.29, 1.82) is 0 Å². The Labute approximate surface area is 637 Å². The van der Waals surface area contributed by atoms with Crippen LogP contribution in [0.2, 0.25) is 0 Å². The number of carbonyl (C=O) groups excluding carboxylic acids is 3. The summed E-state index contributed by atoms with van der Waals surface area (Å²) in [4.78, 5) is 58.8. The predicted molar refractivity (Wildman–Crippen MR) is 435 cm³/mol. The summed E-state index contributed by atoms with van der Waals surface area (Å²) in [5, 5.41) is 20.7. The zero-order valence-corrected chi connectivity index (χ0v) is 67.1. The zero-order valence-electron chi connectivity index (χ0n) is 65.3. The molecule has 0 rings (SSSR count). The Morgan fingerprint density at radius 2 is 0.505 bits per heavy atom. The quantitative estimate of drug-likeness (QED) is 0.0146. The topological polar surface area (TPSA) is 231 Å². The first-order valence-corrected chi connectivity index (χ1v) is 43.4. The number of ether oxygens (including phenoxy) is 3. The number of esters is 3. The lowest BCUT2D eigenvalue weighted by Crippen LogP contribution is -2.30. The van der Waals surface area contributed by atoms with Crippen LogP contribution in [0.25, 0.3) is 0 Å². The normalized spacial score (nSPS) is 14.8. The average molecular weight is 1510 g/mol. The largest absolute Gasteiger partial charge is 0.472 e. The van der Waals surface area contributed by atoms with E-state index in [9.17, 15) is 43.5 Å². The number of phosphoric acid groups is 2. The van der Waals surface area contributed by atoms with E-state index in [-0.39, 0.29) is 19.3 Å². The van der Waals surface area contributed by atoms with E-state index in [0.717, 1.165) is 218 Å². The molecule has 0 aliphatic rings. The molecular weight excluding hydrogens is 1360 g/mol. The van der Waals surface area contributed by atoms with E-state index in [1.807, 2.05) is 0 Å². The molecule has 105 heavy (non-hydrogen) atoms. The highest BCUT2D eigenvalue weighted by atomic mass is 31.2. The van der Waals surface area contributed by atoms with Crippen molar-refractivity contribution in [2.45, 2.75) is 322 Å². The van der Waals surface area contributed by atoms with Gasteiger partial charge in [0.25, 0.3) is 0 Å². The van der Waals surface area contributed by atoms with Gasteiger partial charge in [-0.25, -0.2) is 9.13 Å². The lowest BCUT2D eigenvalue weighted by molar-refractivity contribution is -0.161. The summed E-state index contributed by atoms with van der Waals surface area (Å²) in [6.07, 6.45) is 99.4. The van der Waals surface area contributed by atoms with Crippen molar-refractivity contribution in [1.82, 2.24) is 0 Å². The van der Waals surface area contributed by atoms with Crippen molar-refractivity contribution in [3.05, 3.63) is 170 Å². The predicted octanol–water partition coefficient (Wildman–Crippen LogP) is 24.0. The summed E-state index contributed by atoms with van der Waals surface area (Å²) in [6, 6.07) is 0. The minimum Gasteiger partial charge on any atom is -0.463 e. The van der Waals surface area contributed by atoms with Crippen molar-refractivity contribution in [2.24, 2.45) is 0 Å². The van der Waals surface area contributed by atoms with E-state index in [0.29, 0.717) is 19.3 Å². The summed E-state index contributed by atoms with van der Waals surface area (Å²) in [5.41, 5.74) is 0. The van der Waals surface area contributed by atoms with Crippen LogP contribution in [0.15, 0.2) is 170 Å². The van der Waals surface area contributed by atoms with Crippen LogP contribution in [0.5, 0.6) is 0 Å². The summed E-state index contributed by atoms with van der Waals surface area (Å²) in [5.74, 6) is -1.62. The zero-order chi connectivity index (χ0) is 76.6. The summed E-state index contributed by atoms with van der Waals surface area (Å²) in [7, 11) is -9.82. The molecule has 0 aliphatic carbocycles. The summed E-state index contributed by atoms with van der Waals surface area (Å²) >= 11 is 0. The number of hydrogen-bond acceptors (Lipinski definition) is 14. The molecule has 0 amide bonds. The molecule has 5 atom stereocenters. The van der Waals surface area contributed by atoms with Crippen LogP contribution in [0.4, 0.5) is 0 Å². The van der Waals surface area contributed by atoms with Crippen molar-refractivity contribution in [2.75, 3.05) is 39.6 Å². The van der Waals surface area contributed by atoms with Crippen LogP contribution in [0.1, 0.15) is 303 Å². The van der Waals surface area contributed by atoms with E-state index < -0.39 is 91.5 Å². The number of allylic oxidation sites excluding steroid dienone is 28. The first-order chi connectivity index (χ1) is 51.2. The number of unbranched alkanes of at least 4 members (excludes halogenated alkanes) is 24. The van der Waals surface area contributed by atoms with Gasteiger partial charge in [-0.05, 0) is 154 Å². The Morgan fingerprint density at radius 1 is 0.276 bits per heavy atom. The number of rotatable bonds is 75. The van der Waals surface area contributed by atoms with Crippen LogP contribution in [-0.2, 0) is 55.8 Å². The highest BCUT2D eigenvalue weighted by Gasteiger charge is 2.29. The Morgan fingerprint density at radius 3 is 0.800 bits per heavy atom. The van der Waals surface area contributed by atoms with E-state index in [2.05, 4.69) is 191 Å². The standard InChI is InChI=1S/C87H144O16P2/c1-4-7-10-13-16-19-22-25-28-31-34-37-40-43-46-49-52-55-58-61-64-67-70-73-85(90)97-76-82(88)77-99-104(93,94)100-78-83(89)79-101-105(95,96)102-81-84(103-87(92)75-72-69-66-63-60-57-54-51-48-45-42-39-36-33-30-27-24-21-18-15-12-9-6-3)80-98-86(91)74-71-68-65-62-59-56-53-50-47-44-41-38-35-32-29-26-23-20-17-14-11-8-5-2/h7-8,10-11,16-21,25-30,34-39,43-48,82-84,88-89H,4-6,9,12-15,22-24,31-33,40-42,49-81H2,1-3H3,(H,93,94)(H,95,96)/b10-7-,11-8-,19-16-,20-17-,21-18-,28-25-,29-26-,30-27-,37-34-,38-35-,39-36-,46-43-,47-44-,48-45-. The van der Waals surface area contributed by atoms with Crippen molar-refractivity contribution < 1.29 is 75.8 Å². The molecule has 0 fully saturated rings. The molecule has 5 unspecified atom stereocenters. The van der Waals surface area contributed by atoms with E-state index in [4.69, 9.17) is 32.3 Å². The molecule has 0 aromatic carbocycles. The molecule has 598 valence electrons. The molecule has 0 aliphatic heterocycles. The third-order valence-electron chi connectivity index (χ3n) is 16.4. The van der Waals surface area contributed by atoms with Gasteiger partial charge in [0.05, 0.1) is 26.4 Å². The van der Waals surface area contributed by atoms with E-state index in [1.54, 1.807) is 0 Å². The second-order valence-corrected chi connectivity index (χ2v) is 29.4. The highest BCUT2D eigenvalue weighted by molar-refractivity contribution is 7.47. The van der Waals surface area contributed by atoms with Crippen LogP contribution < -0.4 is 0 Å². The third kappa shape index (κ3) is 79.8. The SMILES string of the molecule is CC/C=C\C/C=C\C/C=C\C/C=C\C/C=C\CCCCCCCCCC(=O)OCC(O)COP(=O)(O)OCC(O)COP(=O)(O)OCC(COC(=O)CCCCCCCCC/C=C\C/C=C\C/C=C\C/C=C\C/C=C\CC)OC(=O)CCCCCCCCC/C=C\C/C=C\C/C=C\C/C=C\CCCCC. The van der Waals surface area contributed by atoms with Gasteiger partial charge in [0.2, 0.25) is 0 Å². The molecule has 16 nitrogen and oxygen atoms in total. The summed E-state index contributed by atoms with van der Waals surface area (Å²) in [6.45, 7) is 2.39. The third-order valence-corrected chi connectivity index (χ3v) is 18.3. The molecule has 0 saturated heterocycles. The van der Waals surface area contributed by atoms with Gasteiger partial charge in [-0.2, -0.15) is 0 Å². The fraction of sp³-hybridized carbons (Fsp3) is 0.644. The van der Waals surface area contributed by atoms with Gasteiger partial charge in [0.15, 0.2) is 6.10 Å². The summed E-state index contributed by atoms with van der Waals surface area (Å²) < 4.78 is 61.3. The maximum Gasteiger partial charge on any atom is 0.472 e. The smallest absolute Gasteiger partial charge is 0.463 e. The van der Waals surface area contributed by atoms with E-state index in [1.165, 1.54) is 25.7 Å². The Bertz CT molecular complexity index is 2590. The van der Waals surface area contributed by atoms with Gasteiger partial charge in [0.1, 0.15) is 25.4 Å². The Balaban J connectivity index is 4.76. The molecule has 0 radical (unpaired) electrons. The number of carbonyl (C=O) groups is 3. The van der Waals surface area contributed by atoms with E-state index >= 15 is 0 Å². The van der Waals surface area contributed by atoms with Crippen molar-refractivity contribution >= 4 is 33.6 Å².